The number of nitrogens with one attached hydrogen (secondary N) is 2. The minimum Gasteiger partial charge on any atom is -0.392 e. The van der Waals surface area contributed by atoms with E-state index < -0.39 is 6.10 Å². The van der Waals surface area contributed by atoms with E-state index in [1.165, 1.54) is 6.33 Å². The van der Waals surface area contributed by atoms with Crippen LogP contribution < -0.4 is 10.6 Å². The number of carbonyl (C=O) groups excluding carboxylic acids is 1. The molecule has 1 aliphatic rings. The van der Waals surface area contributed by atoms with Crippen molar-refractivity contribution in [3.8, 4) is 0 Å². The molecule has 1 aromatic heterocycles. The Hall–Kier alpha value is -1.67. The van der Waals surface area contributed by atoms with Crippen LogP contribution in [0.3, 0.4) is 0 Å². The van der Waals surface area contributed by atoms with E-state index in [-0.39, 0.29) is 36.8 Å². The molecule has 126 valence electrons. The monoisotopic (exact) mass is 359 g/mol. The van der Waals surface area contributed by atoms with Crippen molar-refractivity contribution in [1.29, 1.82) is 0 Å². The quantitative estimate of drug-likeness (QED) is 0.751. The average molecular weight is 360 g/mol. The van der Waals surface area contributed by atoms with Crippen molar-refractivity contribution >= 4 is 36.4 Å². The van der Waals surface area contributed by atoms with Crippen LogP contribution in [0.4, 0.5) is 5.69 Å². The lowest BCUT2D eigenvalue weighted by atomic mass is 10.1. The van der Waals surface area contributed by atoms with E-state index in [4.69, 9.17) is 0 Å². The van der Waals surface area contributed by atoms with E-state index in [2.05, 4.69) is 20.7 Å². The van der Waals surface area contributed by atoms with Crippen molar-refractivity contribution in [2.75, 3.05) is 11.9 Å². The van der Waals surface area contributed by atoms with Gasteiger partial charge in [0.25, 0.3) is 0 Å². The molecule has 3 rings (SSSR count). The minimum absolute atomic E-state index is 0. The molecule has 23 heavy (non-hydrogen) atoms. The molecular weight excluding hydrogens is 341 g/mol. The number of benzene rings is 1. The number of β-amino-alcohol motifs (C(OH)–C–C–N with tert-alkyl or cyclic N) is 1. The van der Waals surface area contributed by atoms with Gasteiger partial charge in [-0.1, -0.05) is 12.1 Å². The maximum Gasteiger partial charge on any atom is 0.241 e. The number of rotatable bonds is 4. The summed E-state index contributed by atoms with van der Waals surface area (Å²) in [7, 11) is 0. The predicted octanol–water partition coefficient (Wildman–Crippen LogP) is 0.831. The van der Waals surface area contributed by atoms with Gasteiger partial charge in [-0.2, -0.15) is 5.10 Å². The molecule has 3 N–H and O–H groups in total. The van der Waals surface area contributed by atoms with Gasteiger partial charge < -0.3 is 15.7 Å². The smallest absolute Gasteiger partial charge is 0.241 e. The van der Waals surface area contributed by atoms with Crippen molar-refractivity contribution in [3.05, 3.63) is 42.5 Å². The number of amides is 1. The molecule has 1 fully saturated rings. The fraction of sp³-hybridized carbons (Fsp3) is 0.357. The van der Waals surface area contributed by atoms with Gasteiger partial charge in [0.1, 0.15) is 12.7 Å². The number of nitrogens with zero attached hydrogens (tertiary/aromatic N) is 3. The molecule has 0 spiro atoms. The largest absolute Gasteiger partial charge is 0.392 e. The summed E-state index contributed by atoms with van der Waals surface area (Å²) < 4.78 is 1.73. The van der Waals surface area contributed by atoms with Gasteiger partial charge in [-0.05, 0) is 24.1 Å². The van der Waals surface area contributed by atoms with E-state index in [1.54, 1.807) is 11.0 Å². The third-order valence-corrected chi connectivity index (χ3v) is 3.46. The summed E-state index contributed by atoms with van der Waals surface area (Å²) in [4.78, 5) is 15.9. The molecule has 2 heterocycles. The Morgan fingerprint density at radius 1 is 1.35 bits per heavy atom. The average Bonchev–Trinajstić information content (AvgIpc) is 3.12. The number of carbonyl (C=O) groups is 1. The topological polar surface area (TPSA) is 92.1 Å². The van der Waals surface area contributed by atoms with E-state index >= 15 is 0 Å². The first-order valence-electron chi connectivity index (χ1n) is 6.84. The van der Waals surface area contributed by atoms with Crippen LogP contribution in [0.15, 0.2) is 36.9 Å². The van der Waals surface area contributed by atoms with Gasteiger partial charge in [-0.25, -0.2) is 9.67 Å². The van der Waals surface area contributed by atoms with Crippen LogP contribution in [0.25, 0.3) is 0 Å². The second-order valence-electron chi connectivity index (χ2n) is 5.13. The molecule has 1 aliphatic heterocycles. The highest BCUT2D eigenvalue weighted by Gasteiger charge is 2.27. The predicted molar refractivity (Wildman–Crippen MR) is 91.1 cm³/mol. The van der Waals surface area contributed by atoms with Gasteiger partial charge >= 0.3 is 0 Å². The van der Waals surface area contributed by atoms with Gasteiger partial charge in [-0.15, -0.1) is 24.8 Å². The summed E-state index contributed by atoms with van der Waals surface area (Å²) in [6, 6.07) is 7.27. The first-order valence-corrected chi connectivity index (χ1v) is 6.84. The fourth-order valence-electron chi connectivity index (χ4n) is 2.34. The number of aliphatic hydroxyl groups is 1. The van der Waals surface area contributed by atoms with Gasteiger partial charge in [0.15, 0.2) is 0 Å². The van der Waals surface area contributed by atoms with Crippen LogP contribution in [0.2, 0.25) is 0 Å². The number of hydrogen-bond donors (Lipinski definition) is 3. The van der Waals surface area contributed by atoms with E-state index in [1.807, 2.05) is 24.3 Å². The molecule has 0 saturated carbocycles. The number of aliphatic hydroxyl groups excluding tert-OH is 1. The number of aromatic nitrogens is 3. The third kappa shape index (κ3) is 5.18. The second kappa shape index (κ2) is 8.83. The standard InChI is InChI=1S/C14H17N5O2.2ClH/c20-12-5-13(16-6-12)14(21)18-11-3-1-10(2-4-11)7-19-9-15-8-17-19;;/h1-4,8-9,12-13,16,20H,5-7H2,(H,18,21);2*1H. The third-order valence-electron chi connectivity index (χ3n) is 3.46. The SMILES string of the molecule is Cl.Cl.O=C(Nc1ccc(Cn2cncn2)cc1)C1CC(O)CN1. The summed E-state index contributed by atoms with van der Waals surface area (Å²) in [5.74, 6) is -0.115. The molecule has 9 heteroatoms. The summed E-state index contributed by atoms with van der Waals surface area (Å²) in [5.41, 5.74) is 1.82. The molecule has 2 aromatic rings. The highest BCUT2D eigenvalue weighted by atomic mass is 35.5. The highest BCUT2D eigenvalue weighted by Crippen LogP contribution is 2.13. The van der Waals surface area contributed by atoms with Gasteiger partial charge in [0.2, 0.25) is 5.91 Å². The number of hydrogen-bond acceptors (Lipinski definition) is 5. The maximum atomic E-state index is 12.0. The molecule has 1 saturated heterocycles. The Morgan fingerprint density at radius 3 is 2.65 bits per heavy atom. The van der Waals surface area contributed by atoms with E-state index in [0.29, 0.717) is 19.5 Å². The summed E-state index contributed by atoms with van der Waals surface area (Å²) in [6.45, 7) is 1.11. The molecule has 0 bridgehead atoms. The van der Waals surface area contributed by atoms with Gasteiger partial charge in [0, 0.05) is 12.2 Å². The number of anilines is 1. The zero-order valence-electron chi connectivity index (χ0n) is 12.3. The van der Waals surface area contributed by atoms with Crippen LogP contribution in [0, 0.1) is 0 Å². The molecule has 1 aromatic carbocycles. The lowest BCUT2D eigenvalue weighted by molar-refractivity contribution is -0.117. The van der Waals surface area contributed by atoms with Gasteiger partial charge in [-0.3, -0.25) is 4.79 Å². The van der Waals surface area contributed by atoms with Crippen molar-refractivity contribution in [2.24, 2.45) is 0 Å². The zero-order chi connectivity index (χ0) is 14.7. The zero-order valence-corrected chi connectivity index (χ0v) is 13.9. The van der Waals surface area contributed by atoms with Crippen LogP contribution in [-0.4, -0.2) is 44.5 Å². The van der Waals surface area contributed by atoms with Crippen LogP contribution in [0.5, 0.6) is 0 Å². The van der Waals surface area contributed by atoms with Crippen LogP contribution in [0.1, 0.15) is 12.0 Å². The first kappa shape index (κ1) is 19.4. The molecule has 0 aliphatic carbocycles. The van der Waals surface area contributed by atoms with Crippen LogP contribution in [-0.2, 0) is 11.3 Å². The molecule has 1 amide bonds. The minimum atomic E-state index is -0.439. The summed E-state index contributed by atoms with van der Waals surface area (Å²) in [5, 5.41) is 19.3. The lowest BCUT2D eigenvalue weighted by Gasteiger charge is -2.11. The van der Waals surface area contributed by atoms with Crippen molar-refractivity contribution in [3.63, 3.8) is 0 Å². The fourth-order valence-corrected chi connectivity index (χ4v) is 2.34. The maximum absolute atomic E-state index is 12.0. The lowest BCUT2D eigenvalue weighted by Crippen LogP contribution is -2.35. The summed E-state index contributed by atoms with van der Waals surface area (Å²) in [6.07, 6.45) is 3.17. The summed E-state index contributed by atoms with van der Waals surface area (Å²) >= 11 is 0. The normalized spacial score (nSPS) is 19.5. The van der Waals surface area contributed by atoms with Crippen molar-refractivity contribution < 1.29 is 9.90 Å². The Kier molecular flexibility index (Phi) is 7.44. The highest BCUT2D eigenvalue weighted by molar-refractivity contribution is 5.95. The Morgan fingerprint density at radius 2 is 2.09 bits per heavy atom. The van der Waals surface area contributed by atoms with Gasteiger partial charge in [0.05, 0.1) is 18.7 Å². The molecule has 2 atom stereocenters. The van der Waals surface area contributed by atoms with E-state index in [9.17, 15) is 9.90 Å². The van der Waals surface area contributed by atoms with Crippen LogP contribution >= 0.6 is 24.8 Å². The number of halogens is 2. The Labute approximate surface area is 146 Å². The Bertz CT molecular complexity index is 606. The first-order chi connectivity index (χ1) is 10.2. The van der Waals surface area contributed by atoms with Crippen molar-refractivity contribution in [1.82, 2.24) is 20.1 Å². The Balaban J connectivity index is 0.00000132. The second-order valence-corrected chi connectivity index (χ2v) is 5.13. The van der Waals surface area contributed by atoms with Crippen molar-refractivity contribution in [2.45, 2.75) is 25.1 Å². The molecule has 0 radical (unpaired) electrons. The van der Waals surface area contributed by atoms with E-state index in [0.717, 1.165) is 11.3 Å². The molecular formula is C14H19Cl2N5O2. The molecule has 2 unspecified atom stereocenters. The molecule has 7 nitrogen and oxygen atoms in total.